The second-order valence-corrected chi connectivity index (χ2v) is 7.58. The number of aromatic nitrogens is 2. The van der Waals surface area contributed by atoms with E-state index in [0.717, 1.165) is 27.6 Å². The van der Waals surface area contributed by atoms with Gasteiger partial charge in [-0.2, -0.15) is 0 Å². The van der Waals surface area contributed by atoms with Gasteiger partial charge in [0.2, 0.25) is 0 Å². The smallest absolute Gasteiger partial charge is 0.259 e. The summed E-state index contributed by atoms with van der Waals surface area (Å²) in [5.41, 5.74) is 3.90. The van der Waals surface area contributed by atoms with Crippen LogP contribution in [0.25, 0.3) is 33.0 Å². The highest BCUT2D eigenvalue weighted by Crippen LogP contribution is 2.41. The lowest BCUT2D eigenvalue weighted by molar-refractivity contribution is -0.122. The summed E-state index contributed by atoms with van der Waals surface area (Å²) in [4.78, 5) is 26.0. The fourth-order valence-corrected chi connectivity index (χ4v) is 4.43. The van der Waals surface area contributed by atoms with Gasteiger partial charge in [-0.05, 0) is 24.3 Å². The van der Waals surface area contributed by atoms with Crippen molar-refractivity contribution >= 4 is 44.8 Å². The molecule has 1 aliphatic heterocycles. The number of methoxy groups -OCH3 is 2. The molecule has 5 rings (SSSR count). The van der Waals surface area contributed by atoms with Crippen LogP contribution < -0.4 is 14.8 Å². The third kappa shape index (κ3) is 2.66. The second kappa shape index (κ2) is 6.77. The average molecular weight is 415 g/mol. The molecule has 0 fully saturated rings. The maximum Gasteiger partial charge on any atom is 0.259 e. The standard InChI is InChI=1S/C24H21N3O4/c1-26-12-16(20-17(26)6-5-7-19(20)31-4)22-21(23(28)25-24(22)29)15-11-27(2)18-10-13(30-3)8-9-14(15)18/h5-12H,1-4H3,(H,25,28,29). The Bertz CT molecular complexity index is 1440. The Balaban J connectivity index is 1.86. The van der Waals surface area contributed by atoms with Gasteiger partial charge in [-0.3, -0.25) is 14.9 Å². The Hall–Kier alpha value is -4.00. The predicted octanol–water partition coefficient (Wildman–Crippen LogP) is 3.25. The maximum atomic E-state index is 13.0. The summed E-state index contributed by atoms with van der Waals surface area (Å²) in [6, 6.07) is 11.4. The second-order valence-electron chi connectivity index (χ2n) is 7.58. The molecule has 0 saturated carbocycles. The molecule has 7 heteroatoms. The number of ether oxygens (including phenoxy) is 2. The molecular formula is C24H21N3O4. The number of fused-ring (bicyclic) bond motifs is 2. The van der Waals surface area contributed by atoms with Crippen molar-refractivity contribution in [2.45, 2.75) is 0 Å². The molecule has 0 unspecified atom stereocenters. The molecule has 2 aromatic heterocycles. The number of amides is 2. The molecule has 0 atom stereocenters. The number of carbonyl (C=O) groups excluding carboxylic acids is 2. The lowest BCUT2D eigenvalue weighted by atomic mass is 9.95. The van der Waals surface area contributed by atoms with E-state index in [-0.39, 0.29) is 0 Å². The maximum absolute atomic E-state index is 13.0. The van der Waals surface area contributed by atoms with Gasteiger partial charge in [0.25, 0.3) is 11.8 Å². The van der Waals surface area contributed by atoms with E-state index in [4.69, 9.17) is 9.47 Å². The Morgan fingerprint density at radius 1 is 0.806 bits per heavy atom. The third-order valence-corrected chi connectivity index (χ3v) is 5.86. The Kier molecular flexibility index (Phi) is 4.15. The van der Waals surface area contributed by atoms with Gasteiger partial charge >= 0.3 is 0 Å². The zero-order valence-corrected chi connectivity index (χ0v) is 17.6. The van der Waals surface area contributed by atoms with Gasteiger partial charge in [-0.15, -0.1) is 0 Å². The highest BCUT2D eigenvalue weighted by atomic mass is 16.5. The molecule has 2 amide bonds. The molecule has 156 valence electrons. The molecule has 0 aliphatic carbocycles. The van der Waals surface area contributed by atoms with Crippen LogP contribution in [0, 0.1) is 0 Å². The van der Waals surface area contributed by atoms with E-state index in [2.05, 4.69) is 5.32 Å². The molecule has 3 heterocycles. The first-order valence-corrected chi connectivity index (χ1v) is 9.80. The van der Waals surface area contributed by atoms with Crippen LogP contribution in [0.5, 0.6) is 11.5 Å². The highest BCUT2D eigenvalue weighted by molar-refractivity contribution is 6.51. The van der Waals surface area contributed by atoms with E-state index in [1.807, 2.05) is 72.0 Å². The van der Waals surface area contributed by atoms with Gasteiger partial charge in [-0.1, -0.05) is 6.07 Å². The Morgan fingerprint density at radius 3 is 2.19 bits per heavy atom. The molecule has 0 radical (unpaired) electrons. The number of nitrogens with one attached hydrogen (secondary N) is 1. The molecule has 4 aromatic rings. The zero-order valence-electron chi connectivity index (χ0n) is 17.6. The monoisotopic (exact) mass is 415 g/mol. The molecule has 1 aliphatic rings. The number of aryl methyl sites for hydroxylation is 2. The normalized spacial score (nSPS) is 14.1. The first-order valence-electron chi connectivity index (χ1n) is 9.80. The first-order chi connectivity index (χ1) is 14.9. The molecule has 1 N–H and O–H groups in total. The molecule has 2 aromatic carbocycles. The van der Waals surface area contributed by atoms with Crippen LogP contribution in [0.1, 0.15) is 11.1 Å². The van der Waals surface area contributed by atoms with E-state index in [1.165, 1.54) is 0 Å². The van der Waals surface area contributed by atoms with Crippen molar-refractivity contribution in [2.75, 3.05) is 14.2 Å². The number of carbonyl (C=O) groups is 2. The molecular weight excluding hydrogens is 394 g/mol. The van der Waals surface area contributed by atoms with Crippen molar-refractivity contribution in [1.82, 2.24) is 14.5 Å². The third-order valence-electron chi connectivity index (χ3n) is 5.86. The van der Waals surface area contributed by atoms with Crippen molar-refractivity contribution in [3.8, 4) is 11.5 Å². The summed E-state index contributed by atoms with van der Waals surface area (Å²) in [7, 11) is 7.02. The summed E-state index contributed by atoms with van der Waals surface area (Å²) in [5.74, 6) is 0.550. The van der Waals surface area contributed by atoms with Gasteiger partial charge in [0, 0.05) is 54.5 Å². The molecule has 7 nitrogen and oxygen atoms in total. The minimum Gasteiger partial charge on any atom is -0.497 e. The largest absolute Gasteiger partial charge is 0.497 e. The first kappa shape index (κ1) is 19.0. The van der Waals surface area contributed by atoms with Crippen molar-refractivity contribution in [3.63, 3.8) is 0 Å². The van der Waals surface area contributed by atoms with Crippen LogP contribution in [0.2, 0.25) is 0 Å². The number of nitrogens with zero attached hydrogens (tertiary/aromatic N) is 2. The quantitative estimate of drug-likeness (QED) is 0.519. The molecule has 31 heavy (non-hydrogen) atoms. The predicted molar refractivity (Wildman–Crippen MR) is 119 cm³/mol. The van der Waals surface area contributed by atoms with Crippen molar-refractivity contribution in [2.24, 2.45) is 14.1 Å². The SMILES string of the molecule is COc1ccc2c(C3=C(c4cn(C)c5cccc(OC)c45)C(=O)NC3=O)cn(C)c2c1. The number of rotatable bonds is 4. The Labute approximate surface area is 178 Å². The summed E-state index contributed by atoms with van der Waals surface area (Å²) in [6.45, 7) is 0. The summed E-state index contributed by atoms with van der Waals surface area (Å²) < 4.78 is 14.8. The zero-order chi connectivity index (χ0) is 21.9. The molecule has 0 saturated heterocycles. The van der Waals surface area contributed by atoms with Crippen molar-refractivity contribution in [3.05, 3.63) is 59.9 Å². The topological polar surface area (TPSA) is 74.5 Å². The minimum absolute atomic E-state index is 0.350. The minimum atomic E-state index is -0.413. The van der Waals surface area contributed by atoms with Gasteiger partial charge in [0.1, 0.15) is 11.5 Å². The lowest BCUT2D eigenvalue weighted by Crippen LogP contribution is -2.22. The number of hydrogen-bond acceptors (Lipinski definition) is 4. The van der Waals surface area contributed by atoms with Gasteiger partial charge in [-0.25, -0.2) is 0 Å². The lowest BCUT2D eigenvalue weighted by Gasteiger charge is -2.06. The van der Waals surface area contributed by atoms with Crippen LogP contribution in [0.4, 0.5) is 0 Å². The summed E-state index contributed by atoms with van der Waals surface area (Å²) in [6.07, 6.45) is 3.74. The summed E-state index contributed by atoms with van der Waals surface area (Å²) in [5, 5.41) is 4.15. The number of benzene rings is 2. The van der Waals surface area contributed by atoms with Crippen LogP contribution in [-0.2, 0) is 23.7 Å². The highest BCUT2D eigenvalue weighted by Gasteiger charge is 2.35. The fraction of sp³-hybridized carbons (Fsp3) is 0.167. The van der Waals surface area contributed by atoms with E-state index < -0.39 is 11.8 Å². The van der Waals surface area contributed by atoms with E-state index in [9.17, 15) is 9.59 Å². The molecule has 0 bridgehead atoms. The van der Waals surface area contributed by atoms with E-state index in [1.54, 1.807) is 14.2 Å². The van der Waals surface area contributed by atoms with E-state index >= 15 is 0 Å². The van der Waals surface area contributed by atoms with Gasteiger partial charge in [0.15, 0.2) is 0 Å². The van der Waals surface area contributed by atoms with Crippen LogP contribution in [0.3, 0.4) is 0 Å². The van der Waals surface area contributed by atoms with Crippen molar-refractivity contribution < 1.29 is 19.1 Å². The van der Waals surface area contributed by atoms with Crippen LogP contribution in [0.15, 0.2) is 48.8 Å². The summed E-state index contributed by atoms with van der Waals surface area (Å²) >= 11 is 0. The van der Waals surface area contributed by atoms with Gasteiger partial charge in [0.05, 0.1) is 36.4 Å². The van der Waals surface area contributed by atoms with E-state index in [0.29, 0.717) is 28.0 Å². The number of hydrogen-bond donors (Lipinski definition) is 1. The van der Waals surface area contributed by atoms with Crippen molar-refractivity contribution in [1.29, 1.82) is 0 Å². The number of imide groups is 1. The fourth-order valence-electron chi connectivity index (χ4n) is 4.43. The Morgan fingerprint density at radius 2 is 1.48 bits per heavy atom. The van der Waals surface area contributed by atoms with Gasteiger partial charge < -0.3 is 18.6 Å². The molecule has 0 spiro atoms. The van der Waals surface area contributed by atoms with Crippen LogP contribution in [-0.4, -0.2) is 35.2 Å². The van der Waals surface area contributed by atoms with Crippen LogP contribution >= 0.6 is 0 Å². The average Bonchev–Trinajstić information content (AvgIpc) is 3.38.